The number of carbonyl (C=O) groups is 1. The Morgan fingerprint density at radius 3 is 2.56 bits per heavy atom. The Morgan fingerprint density at radius 1 is 1.03 bits per heavy atom. The Bertz CT molecular complexity index is 1280. The summed E-state index contributed by atoms with van der Waals surface area (Å²) in [5, 5.41) is 13.6. The van der Waals surface area contributed by atoms with Gasteiger partial charge in [0.1, 0.15) is 6.04 Å². The number of aromatic nitrogens is 7. The number of hydrogen-bond acceptors (Lipinski definition) is 11. The van der Waals surface area contributed by atoms with Crippen LogP contribution in [0.15, 0.2) is 24.7 Å². The molecule has 0 radical (unpaired) electrons. The monoisotopic (exact) mass is 488 g/mol. The zero-order valence-electron chi connectivity index (χ0n) is 20.0. The average Bonchev–Trinajstić information content (AvgIpc) is 3.28. The van der Waals surface area contributed by atoms with Gasteiger partial charge in [0.2, 0.25) is 23.8 Å². The second kappa shape index (κ2) is 8.36. The lowest BCUT2D eigenvalue weighted by Gasteiger charge is -2.40. The lowest BCUT2D eigenvalue weighted by Crippen LogP contribution is -2.55. The normalized spacial score (nSPS) is 25.2. The molecule has 1 aliphatic carbocycles. The van der Waals surface area contributed by atoms with Gasteiger partial charge in [0.15, 0.2) is 11.6 Å². The minimum absolute atomic E-state index is 0.151. The van der Waals surface area contributed by atoms with Gasteiger partial charge in [-0.25, -0.2) is 4.98 Å². The molecule has 6 heterocycles. The lowest BCUT2D eigenvalue weighted by atomic mass is 10.0. The number of nitrogens with zero attached hydrogens (tertiary/aromatic N) is 9. The summed E-state index contributed by atoms with van der Waals surface area (Å²) < 4.78 is 0. The van der Waals surface area contributed by atoms with Gasteiger partial charge in [-0.1, -0.05) is 0 Å². The Balaban J connectivity index is 1.16. The van der Waals surface area contributed by atoms with E-state index >= 15 is 0 Å². The van der Waals surface area contributed by atoms with E-state index in [1.54, 1.807) is 12.4 Å². The molecule has 3 aromatic rings. The summed E-state index contributed by atoms with van der Waals surface area (Å²) in [5.74, 6) is 3.09. The van der Waals surface area contributed by atoms with Crippen LogP contribution >= 0.6 is 0 Å². The number of carbonyl (C=O) groups excluding carboxylic acids is 1. The van der Waals surface area contributed by atoms with Gasteiger partial charge < -0.3 is 20.4 Å². The molecule has 1 saturated carbocycles. The van der Waals surface area contributed by atoms with Crippen LogP contribution in [0.4, 0.5) is 29.5 Å². The van der Waals surface area contributed by atoms with Crippen molar-refractivity contribution in [1.29, 1.82) is 0 Å². The molecule has 13 heteroatoms. The number of H-pyrrole nitrogens is 1. The maximum Gasteiger partial charge on any atom is 0.248 e. The van der Waals surface area contributed by atoms with E-state index in [0.717, 1.165) is 25.2 Å². The van der Waals surface area contributed by atoms with Crippen molar-refractivity contribution in [2.75, 3.05) is 47.1 Å². The van der Waals surface area contributed by atoms with E-state index in [2.05, 4.69) is 47.6 Å². The first-order valence-corrected chi connectivity index (χ1v) is 12.5. The molecule has 2 bridgehead atoms. The van der Waals surface area contributed by atoms with Gasteiger partial charge in [0.05, 0.1) is 6.20 Å². The molecule has 3 saturated heterocycles. The van der Waals surface area contributed by atoms with Crippen LogP contribution < -0.4 is 20.4 Å². The number of anilines is 5. The molecule has 36 heavy (non-hydrogen) atoms. The van der Waals surface area contributed by atoms with E-state index < -0.39 is 0 Å². The van der Waals surface area contributed by atoms with E-state index in [9.17, 15) is 4.79 Å². The number of likely N-dealkylation sites (N-methyl/N-ethyl adjacent to an activating group) is 1. The van der Waals surface area contributed by atoms with Crippen LogP contribution in [0, 0.1) is 0 Å². The van der Waals surface area contributed by atoms with Crippen molar-refractivity contribution < 1.29 is 4.79 Å². The van der Waals surface area contributed by atoms with Crippen LogP contribution in [0.3, 0.4) is 0 Å². The number of likely N-dealkylation sites (tertiary alicyclic amines) is 1. The fourth-order valence-corrected chi connectivity index (χ4v) is 5.37. The molecule has 4 aliphatic rings. The van der Waals surface area contributed by atoms with Crippen molar-refractivity contribution in [3.63, 3.8) is 0 Å². The number of piperazine rings is 1. The SMILES string of the molecule is CN1CC2CC1CN2c1nc(Nc2cc(C3CC3)[nH]n2)nc(N2CC[C@H]2C(=O)Nc2cnccn2)n1. The van der Waals surface area contributed by atoms with Crippen molar-refractivity contribution in [3.8, 4) is 0 Å². The molecule has 3 atom stereocenters. The molecule has 0 spiro atoms. The van der Waals surface area contributed by atoms with Crippen LogP contribution in [-0.2, 0) is 4.79 Å². The summed E-state index contributed by atoms with van der Waals surface area (Å²) in [6.45, 7) is 2.56. The molecule has 4 fully saturated rings. The third-order valence-corrected chi connectivity index (χ3v) is 7.63. The van der Waals surface area contributed by atoms with Crippen LogP contribution in [0.5, 0.6) is 0 Å². The van der Waals surface area contributed by atoms with Gasteiger partial charge in [-0.2, -0.15) is 20.1 Å². The zero-order valence-corrected chi connectivity index (χ0v) is 20.0. The fourth-order valence-electron chi connectivity index (χ4n) is 5.37. The number of nitrogens with one attached hydrogen (secondary N) is 3. The number of fused-ring (bicyclic) bond motifs is 2. The second-order valence-electron chi connectivity index (χ2n) is 10.1. The van der Waals surface area contributed by atoms with Crippen molar-refractivity contribution in [1.82, 2.24) is 40.0 Å². The molecule has 13 nitrogen and oxygen atoms in total. The standard InChI is InChI=1S/C23H28N12O/c1-33-11-15-8-14(33)12-35(15)23-29-21(27-18-9-16(31-32-18)13-2-3-13)28-22(30-23)34-7-4-17(34)20(36)26-19-10-24-5-6-25-19/h5-6,9-10,13-15,17H,2-4,7-8,11-12H2,1H3,(H,25,26,36)(H2,27,28,29,30,31,32)/t14?,15?,17-/m0/s1. The summed E-state index contributed by atoms with van der Waals surface area (Å²) in [7, 11) is 2.17. The number of hydrogen-bond donors (Lipinski definition) is 3. The van der Waals surface area contributed by atoms with Gasteiger partial charge in [0.25, 0.3) is 0 Å². The predicted molar refractivity (Wildman–Crippen MR) is 132 cm³/mol. The summed E-state index contributed by atoms with van der Waals surface area (Å²) >= 11 is 0. The summed E-state index contributed by atoms with van der Waals surface area (Å²) in [6.07, 6.45) is 8.86. The van der Waals surface area contributed by atoms with Gasteiger partial charge in [-0.3, -0.25) is 19.8 Å². The van der Waals surface area contributed by atoms with Crippen LogP contribution in [0.1, 0.15) is 37.3 Å². The van der Waals surface area contributed by atoms with Crippen molar-refractivity contribution in [2.45, 2.75) is 49.7 Å². The highest BCUT2D eigenvalue weighted by molar-refractivity contribution is 5.97. The summed E-state index contributed by atoms with van der Waals surface area (Å²) in [6, 6.07) is 2.52. The van der Waals surface area contributed by atoms with E-state index in [-0.39, 0.29) is 11.9 Å². The Kier molecular flexibility index (Phi) is 4.98. The molecule has 1 amide bonds. The fraction of sp³-hybridized carbons (Fsp3) is 0.522. The molecule has 186 valence electrons. The Hall–Kier alpha value is -3.87. The smallest absolute Gasteiger partial charge is 0.248 e. The minimum Gasteiger partial charge on any atom is -0.335 e. The van der Waals surface area contributed by atoms with Crippen LogP contribution in [-0.4, -0.2) is 90.7 Å². The average molecular weight is 489 g/mol. The van der Waals surface area contributed by atoms with Crippen molar-refractivity contribution >= 4 is 35.4 Å². The maximum atomic E-state index is 13.0. The highest BCUT2D eigenvalue weighted by Gasteiger charge is 2.43. The van der Waals surface area contributed by atoms with E-state index in [0.29, 0.717) is 60.4 Å². The second-order valence-corrected chi connectivity index (χ2v) is 10.1. The summed E-state index contributed by atoms with van der Waals surface area (Å²) in [4.78, 5) is 42.0. The highest BCUT2D eigenvalue weighted by Crippen LogP contribution is 2.40. The first kappa shape index (κ1) is 21.4. The Morgan fingerprint density at radius 2 is 1.89 bits per heavy atom. The summed E-state index contributed by atoms with van der Waals surface area (Å²) in [5.41, 5.74) is 1.13. The number of amides is 1. The molecule has 3 N–H and O–H groups in total. The van der Waals surface area contributed by atoms with E-state index in [4.69, 9.17) is 15.0 Å². The molecular formula is C23H28N12O. The molecular weight excluding hydrogens is 460 g/mol. The first-order valence-electron chi connectivity index (χ1n) is 12.5. The van der Waals surface area contributed by atoms with Crippen LogP contribution in [0.25, 0.3) is 0 Å². The van der Waals surface area contributed by atoms with Gasteiger partial charge in [-0.15, -0.1) is 0 Å². The quantitative estimate of drug-likeness (QED) is 0.440. The highest BCUT2D eigenvalue weighted by atomic mass is 16.2. The lowest BCUT2D eigenvalue weighted by molar-refractivity contribution is -0.118. The van der Waals surface area contributed by atoms with Crippen LogP contribution in [0.2, 0.25) is 0 Å². The third-order valence-electron chi connectivity index (χ3n) is 7.63. The van der Waals surface area contributed by atoms with Gasteiger partial charge in [0, 0.05) is 61.8 Å². The molecule has 0 aromatic carbocycles. The number of rotatable bonds is 7. The zero-order chi connectivity index (χ0) is 24.2. The molecule has 2 unspecified atom stereocenters. The topological polar surface area (TPSA) is 144 Å². The minimum atomic E-state index is -0.386. The largest absolute Gasteiger partial charge is 0.335 e. The third kappa shape index (κ3) is 3.88. The molecule has 7 rings (SSSR count). The van der Waals surface area contributed by atoms with E-state index in [1.807, 2.05) is 11.0 Å². The Labute approximate surface area is 207 Å². The molecule has 3 aliphatic heterocycles. The molecule has 3 aromatic heterocycles. The van der Waals surface area contributed by atoms with Crippen molar-refractivity contribution in [3.05, 3.63) is 30.4 Å². The first-order chi connectivity index (χ1) is 17.6. The van der Waals surface area contributed by atoms with Gasteiger partial charge >= 0.3 is 0 Å². The predicted octanol–water partition coefficient (Wildman–Crippen LogP) is 1.12. The van der Waals surface area contributed by atoms with E-state index in [1.165, 1.54) is 19.0 Å². The van der Waals surface area contributed by atoms with Crippen molar-refractivity contribution in [2.24, 2.45) is 0 Å². The maximum absolute atomic E-state index is 13.0. The van der Waals surface area contributed by atoms with Gasteiger partial charge in [-0.05, 0) is 32.7 Å². The number of aromatic amines is 1.